The highest BCUT2D eigenvalue weighted by molar-refractivity contribution is 6.32. The van der Waals surface area contributed by atoms with Gasteiger partial charge in [0.25, 0.3) is 5.56 Å². The highest BCUT2D eigenvalue weighted by Crippen LogP contribution is 2.24. The standard InChI is InChI=1S/C10H14ClN3O3/c1-16-10(2-3-17-6-10)5-12-7-4-13-14-9(15)8(7)11/h4H,2-3,5-6H2,1H3,(H2,12,14,15). The van der Waals surface area contributed by atoms with Crippen molar-refractivity contribution in [2.45, 2.75) is 12.0 Å². The SMILES string of the molecule is COC1(CNc2cn[nH]c(=O)c2Cl)CCOC1. The Labute approximate surface area is 103 Å². The molecule has 6 nitrogen and oxygen atoms in total. The summed E-state index contributed by atoms with van der Waals surface area (Å²) in [6.07, 6.45) is 2.29. The van der Waals surface area contributed by atoms with Gasteiger partial charge in [-0.3, -0.25) is 4.79 Å². The van der Waals surface area contributed by atoms with E-state index >= 15 is 0 Å². The van der Waals surface area contributed by atoms with Crippen molar-refractivity contribution in [3.63, 3.8) is 0 Å². The molecule has 7 heteroatoms. The third-order valence-electron chi connectivity index (χ3n) is 2.90. The molecule has 17 heavy (non-hydrogen) atoms. The van der Waals surface area contributed by atoms with Crippen LogP contribution >= 0.6 is 11.6 Å². The van der Waals surface area contributed by atoms with Gasteiger partial charge < -0.3 is 14.8 Å². The summed E-state index contributed by atoms with van der Waals surface area (Å²) in [6.45, 7) is 1.73. The molecule has 0 saturated carbocycles. The fourth-order valence-electron chi connectivity index (χ4n) is 1.72. The summed E-state index contributed by atoms with van der Waals surface area (Å²) >= 11 is 5.85. The van der Waals surface area contributed by atoms with Gasteiger partial charge in [0.1, 0.15) is 10.6 Å². The van der Waals surface area contributed by atoms with Crippen LogP contribution in [0.25, 0.3) is 0 Å². The number of rotatable bonds is 4. The number of hydrogen-bond donors (Lipinski definition) is 2. The van der Waals surface area contributed by atoms with Crippen molar-refractivity contribution in [1.82, 2.24) is 10.2 Å². The molecule has 2 heterocycles. The number of nitrogens with zero attached hydrogens (tertiary/aromatic N) is 1. The predicted octanol–water partition coefficient (Wildman–Crippen LogP) is 0.641. The molecule has 1 fully saturated rings. The summed E-state index contributed by atoms with van der Waals surface area (Å²) in [5.74, 6) is 0. The molecule has 1 saturated heterocycles. The molecule has 94 valence electrons. The number of aromatic nitrogens is 2. The first kappa shape index (κ1) is 12.3. The number of ether oxygens (including phenoxy) is 2. The third kappa shape index (κ3) is 2.59. The summed E-state index contributed by atoms with van der Waals surface area (Å²) < 4.78 is 10.8. The number of H-pyrrole nitrogens is 1. The van der Waals surface area contributed by atoms with E-state index < -0.39 is 5.56 Å². The minimum Gasteiger partial charge on any atom is -0.379 e. The van der Waals surface area contributed by atoms with Crippen molar-refractivity contribution in [1.29, 1.82) is 0 Å². The Morgan fingerprint density at radius 2 is 2.59 bits per heavy atom. The number of hydrogen-bond acceptors (Lipinski definition) is 5. The van der Waals surface area contributed by atoms with Crippen molar-refractivity contribution in [2.75, 3.05) is 32.2 Å². The molecule has 1 aliphatic heterocycles. The van der Waals surface area contributed by atoms with E-state index in [1.807, 2.05) is 0 Å². The molecule has 1 atom stereocenters. The summed E-state index contributed by atoms with van der Waals surface area (Å²) in [5, 5.41) is 9.11. The van der Waals surface area contributed by atoms with E-state index in [2.05, 4.69) is 15.5 Å². The van der Waals surface area contributed by atoms with Crippen molar-refractivity contribution >= 4 is 17.3 Å². The van der Waals surface area contributed by atoms with Gasteiger partial charge in [-0.25, -0.2) is 5.10 Å². The van der Waals surface area contributed by atoms with Crippen LogP contribution in [0.3, 0.4) is 0 Å². The first-order valence-corrected chi connectivity index (χ1v) is 5.65. The van der Waals surface area contributed by atoms with Gasteiger partial charge >= 0.3 is 0 Å². The highest BCUT2D eigenvalue weighted by atomic mass is 35.5. The Balaban J connectivity index is 2.06. The first-order valence-electron chi connectivity index (χ1n) is 5.27. The Morgan fingerprint density at radius 3 is 3.24 bits per heavy atom. The lowest BCUT2D eigenvalue weighted by atomic mass is 10.0. The topological polar surface area (TPSA) is 76.2 Å². The number of methoxy groups -OCH3 is 1. The largest absolute Gasteiger partial charge is 0.379 e. The van der Waals surface area contributed by atoms with Crippen molar-refractivity contribution in [2.24, 2.45) is 0 Å². The average Bonchev–Trinajstić information content (AvgIpc) is 2.81. The number of nitrogens with one attached hydrogen (secondary N) is 2. The predicted molar refractivity (Wildman–Crippen MR) is 63.5 cm³/mol. The summed E-state index contributed by atoms with van der Waals surface area (Å²) in [7, 11) is 1.65. The molecule has 1 aliphatic rings. The van der Waals surface area contributed by atoms with E-state index in [4.69, 9.17) is 21.1 Å². The smallest absolute Gasteiger partial charge is 0.285 e. The zero-order valence-electron chi connectivity index (χ0n) is 9.46. The molecule has 1 aromatic heterocycles. The molecule has 0 spiro atoms. The second-order valence-corrected chi connectivity index (χ2v) is 4.35. The quantitative estimate of drug-likeness (QED) is 0.830. The van der Waals surface area contributed by atoms with E-state index in [-0.39, 0.29) is 10.6 Å². The fourth-order valence-corrected chi connectivity index (χ4v) is 1.88. The van der Waals surface area contributed by atoms with E-state index in [0.717, 1.165) is 6.42 Å². The first-order chi connectivity index (χ1) is 8.17. The maximum atomic E-state index is 11.2. The summed E-state index contributed by atoms with van der Waals surface area (Å²) in [6, 6.07) is 0. The molecule has 1 aromatic rings. The van der Waals surface area contributed by atoms with Crippen LogP contribution in [0.2, 0.25) is 5.02 Å². The number of aromatic amines is 1. The van der Waals surface area contributed by atoms with E-state index in [1.165, 1.54) is 6.20 Å². The molecule has 2 N–H and O–H groups in total. The van der Waals surface area contributed by atoms with Crippen molar-refractivity contribution in [3.05, 3.63) is 21.6 Å². The fraction of sp³-hybridized carbons (Fsp3) is 0.600. The molecule has 1 unspecified atom stereocenters. The molecule has 0 radical (unpaired) electrons. The lowest BCUT2D eigenvalue weighted by molar-refractivity contribution is -0.00620. The summed E-state index contributed by atoms with van der Waals surface area (Å²) in [4.78, 5) is 11.2. The van der Waals surface area contributed by atoms with Gasteiger partial charge in [-0.15, -0.1) is 0 Å². The normalized spacial score (nSPS) is 23.9. The Hall–Kier alpha value is -1.11. The van der Waals surface area contributed by atoms with Gasteiger partial charge in [0, 0.05) is 26.7 Å². The maximum Gasteiger partial charge on any atom is 0.285 e. The van der Waals surface area contributed by atoms with Crippen LogP contribution in [0, 0.1) is 0 Å². The number of halogens is 1. The van der Waals surface area contributed by atoms with Gasteiger partial charge in [-0.1, -0.05) is 11.6 Å². The zero-order valence-corrected chi connectivity index (χ0v) is 10.2. The van der Waals surface area contributed by atoms with Gasteiger partial charge in [-0.2, -0.15) is 5.10 Å². The minimum absolute atomic E-state index is 0.102. The van der Waals surface area contributed by atoms with Crippen molar-refractivity contribution in [3.8, 4) is 0 Å². The van der Waals surface area contributed by atoms with Crippen LogP contribution in [-0.2, 0) is 9.47 Å². The molecule has 0 aromatic carbocycles. The Bertz CT molecular complexity index is 443. The second-order valence-electron chi connectivity index (χ2n) is 3.97. The third-order valence-corrected chi connectivity index (χ3v) is 3.27. The second kappa shape index (κ2) is 5.03. The lowest BCUT2D eigenvalue weighted by Crippen LogP contribution is -2.39. The van der Waals surface area contributed by atoms with Gasteiger partial charge in [0.15, 0.2) is 0 Å². The highest BCUT2D eigenvalue weighted by Gasteiger charge is 2.34. The molecule has 0 aliphatic carbocycles. The molecule has 2 rings (SSSR count). The van der Waals surface area contributed by atoms with E-state index in [9.17, 15) is 4.79 Å². The van der Waals surface area contributed by atoms with Gasteiger partial charge in [-0.05, 0) is 0 Å². The van der Waals surface area contributed by atoms with Crippen LogP contribution in [0.1, 0.15) is 6.42 Å². The molecular weight excluding hydrogens is 246 g/mol. The maximum absolute atomic E-state index is 11.2. The Kier molecular flexibility index (Phi) is 3.66. The zero-order chi connectivity index (χ0) is 12.3. The van der Waals surface area contributed by atoms with Gasteiger partial charge in [0.2, 0.25) is 0 Å². The van der Waals surface area contributed by atoms with Crippen LogP contribution < -0.4 is 10.9 Å². The van der Waals surface area contributed by atoms with Gasteiger partial charge in [0.05, 0.1) is 18.5 Å². The van der Waals surface area contributed by atoms with Crippen LogP contribution in [0.5, 0.6) is 0 Å². The minimum atomic E-state index is -0.411. The van der Waals surface area contributed by atoms with E-state index in [0.29, 0.717) is 25.4 Å². The van der Waals surface area contributed by atoms with Crippen LogP contribution in [0.4, 0.5) is 5.69 Å². The number of anilines is 1. The monoisotopic (exact) mass is 259 g/mol. The lowest BCUT2D eigenvalue weighted by Gasteiger charge is -2.26. The van der Waals surface area contributed by atoms with Crippen LogP contribution in [0.15, 0.2) is 11.0 Å². The van der Waals surface area contributed by atoms with Crippen molar-refractivity contribution < 1.29 is 9.47 Å². The molecule has 0 amide bonds. The molecular formula is C10H14ClN3O3. The van der Waals surface area contributed by atoms with Crippen LogP contribution in [-0.4, -0.2) is 42.7 Å². The summed E-state index contributed by atoms with van der Waals surface area (Å²) in [5.41, 5.74) is -0.268. The molecule has 0 bridgehead atoms. The Morgan fingerprint density at radius 1 is 1.76 bits per heavy atom. The average molecular weight is 260 g/mol. The van der Waals surface area contributed by atoms with E-state index in [1.54, 1.807) is 7.11 Å².